The summed E-state index contributed by atoms with van der Waals surface area (Å²) >= 11 is 1.62. The minimum atomic E-state index is -0.159. The Bertz CT molecular complexity index is 704. The molecule has 7 heteroatoms. The number of amides is 2. The fraction of sp³-hybridized carbons (Fsp3) is 0.263. The summed E-state index contributed by atoms with van der Waals surface area (Å²) in [6, 6.07) is 14.8. The number of anilines is 2. The van der Waals surface area contributed by atoms with Crippen LogP contribution in [0.1, 0.15) is 0 Å². The highest BCUT2D eigenvalue weighted by molar-refractivity contribution is 7.98. The summed E-state index contributed by atoms with van der Waals surface area (Å²) in [5.74, 6) is 0.387. The van der Waals surface area contributed by atoms with Crippen molar-refractivity contribution in [3.63, 3.8) is 0 Å². The topological polar surface area (TPSA) is 71.9 Å². The monoisotopic (exact) mass is 374 g/mol. The molecule has 0 spiro atoms. The van der Waals surface area contributed by atoms with E-state index in [2.05, 4.69) is 10.6 Å². The molecule has 0 aliphatic carbocycles. The van der Waals surface area contributed by atoms with Gasteiger partial charge < -0.3 is 20.3 Å². The number of carbonyl (C=O) groups excluding carboxylic acids is 2. The zero-order valence-electron chi connectivity index (χ0n) is 15.2. The first kappa shape index (κ1) is 19.8. The van der Waals surface area contributed by atoms with Crippen LogP contribution in [0, 0.1) is 0 Å². The highest BCUT2D eigenvalue weighted by Crippen LogP contribution is 2.18. The van der Waals surface area contributed by atoms with Crippen LogP contribution in [0.3, 0.4) is 0 Å². The molecule has 1 unspecified atom stereocenters. The third-order valence-electron chi connectivity index (χ3n) is 3.63. The van der Waals surface area contributed by atoms with Gasteiger partial charge in [-0.2, -0.15) is 0 Å². The highest BCUT2D eigenvalue weighted by Gasteiger charge is 2.15. The van der Waals surface area contributed by atoms with Gasteiger partial charge in [-0.25, -0.2) is 0 Å². The molecule has 0 bridgehead atoms. The summed E-state index contributed by atoms with van der Waals surface area (Å²) in [6.45, 7) is 0.393. The molecular weight excluding hydrogens is 350 g/mol. The quantitative estimate of drug-likeness (QED) is 0.613. The van der Waals surface area contributed by atoms with Crippen LogP contribution >= 0.6 is 11.8 Å². The average Bonchev–Trinajstić information content (AvgIpc) is 2.61. The molecule has 0 aromatic heterocycles. The molecule has 138 valence electrons. The Kier molecular flexibility index (Phi) is 7.50. The van der Waals surface area contributed by atoms with Gasteiger partial charge in [0.05, 0.1) is 14.2 Å². The number of nitrogens with one attached hydrogen (secondary N) is 3. The van der Waals surface area contributed by atoms with E-state index in [4.69, 9.17) is 4.74 Å². The number of hydrogen-bond donors (Lipinski definition) is 3. The van der Waals surface area contributed by atoms with E-state index in [0.29, 0.717) is 11.4 Å². The van der Waals surface area contributed by atoms with Gasteiger partial charge in [0.2, 0.25) is 0 Å². The van der Waals surface area contributed by atoms with E-state index in [1.165, 1.54) is 0 Å². The zero-order valence-corrected chi connectivity index (χ0v) is 16.0. The first-order valence-electron chi connectivity index (χ1n) is 8.19. The number of thioether (sulfide) groups is 1. The van der Waals surface area contributed by atoms with Gasteiger partial charge in [-0.3, -0.25) is 9.59 Å². The molecule has 6 nitrogen and oxygen atoms in total. The Hall–Kier alpha value is -2.51. The maximum absolute atomic E-state index is 12.2. The van der Waals surface area contributed by atoms with Crippen LogP contribution < -0.4 is 20.3 Å². The van der Waals surface area contributed by atoms with Gasteiger partial charge in [-0.1, -0.05) is 12.1 Å². The predicted octanol–water partition coefficient (Wildman–Crippen LogP) is 1.51. The van der Waals surface area contributed by atoms with Gasteiger partial charge in [-0.15, -0.1) is 11.8 Å². The van der Waals surface area contributed by atoms with Crippen molar-refractivity contribution in [2.24, 2.45) is 0 Å². The molecule has 2 aromatic rings. The molecule has 26 heavy (non-hydrogen) atoms. The molecule has 0 saturated carbocycles. The molecule has 2 rings (SSSR count). The van der Waals surface area contributed by atoms with E-state index in [0.717, 1.165) is 15.5 Å². The lowest BCUT2D eigenvalue weighted by molar-refractivity contribution is -0.862. The predicted molar refractivity (Wildman–Crippen MR) is 105 cm³/mol. The molecule has 2 amide bonds. The number of hydrogen-bond acceptors (Lipinski definition) is 4. The van der Waals surface area contributed by atoms with Crippen molar-refractivity contribution in [3.05, 3.63) is 48.5 Å². The first-order chi connectivity index (χ1) is 12.5. The van der Waals surface area contributed by atoms with Crippen LogP contribution in [0.4, 0.5) is 11.4 Å². The van der Waals surface area contributed by atoms with Crippen LogP contribution in [-0.2, 0) is 9.59 Å². The minimum absolute atomic E-state index is 0.130. The molecule has 0 fully saturated rings. The number of methoxy groups -OCH3 is 1. The summed E-state index contributed by atoms with van der Waals surface area (Å²) in [5, 5.41) is 5.68. The molecular formula is C19H24N3O3S+. The van der Waals surface area contributed by atoms with Crippen molar-refractivity contribution < 1.29 is 19.2 Å². The molecule has 2 aromatic carbocycles. The number of carbonyl (C=O) groups is 2. The average molecular weight is 374 g/mol. The number of rotatable bonds is 8. The summed E-state index contributed by atoms with van der Waals surface area (Å²) in [4.78, 5) is 26.2. The van der Waals surface area contributed by atoms with Crippen molar-refractivity contribution in [3.8, 4) is 5.75 Å². The SMILES string of the molecule is COc1cccc(NC(=O)C[NH+](C)CC(=O)Nc2cccc(SC)c2)c1. The maximum Gasteiger partial charge on any atom is 0.279 e. The zero-order chi connectivity index (χ0) is 18.9. The second kappa shape index (κ2) is 9.84. The Morgan fingerprint density at radius 3 is 2.15 bits per heavy atom. The summed E-state index contributed by atoms with van der Waals surface area (Å²) in [6.07, 6.45) is 1.99. The molecule has 0 aliphatic rings. The molecule has 0 aliphatic heterocycles. The van der Waals surface area contributed by atoms with Gasteiger partial charge in [0.15, 0.2) is 13.1 Å². The van der Waals surface area contributed by atoms with E-state index in [1.54, 1.807) is 37.1 Å². The van der Waals surface area contributed by atoms with Gasteiger partial charge >= 0.3 is 0 Å². The standard InChI is InChI=1S/C19H23N3O3S/c1-22(12-18(23)20-14-6-4-8-16(10-14)25-2)13-19(24)21-15-7-5-9-17(11-15)26-3/h4-11H,12-13H2,1-3H3,(H,20,23)(H,21,24)/p+1. The Labute approximate surface area is 157 Å². The van der Waals surface area contributed by atoms with E-state index in [1.807, 2.05) is 43.6 Å². The van der Waals surface area contributed by atoms with Crippen molar-refractivity contribution in [1.82, 2.24) is 0 Å². The van der Waals surface area contributed by atoms with Crippen molar-refractivity contribution in [1.29, 1.82) is 0 Å². The van der Waals surface area contributed by atoms with E-state index in [-0.39, 0.29) is 24.9 Å². The Morgan fingerprint density at radius 1 is 1.00 bits per heavy atom. The van der Waals surface area contributed by atoms with Crippen LogP contribution in [0.2, 0.25) is 0 Å². The molecule has 0 radical (unpaired) electrons. The van der Waals surface area contributed by atoms with E-state index < -0.39 is 0 Å². The van der Waals surface area contributed by atoms with Gasteiger partial charge in [0.25, 0.3) is 11.8 Å². The number of quaternary nitrogens is 1. The molecule has 3 N–H and O–H groups in total. The summed E-state index contributed by atoms with van der Waals surface area (Å²) in [7, 11) is 3.38. The largest absolute Gasteiger partial charge is 0.497 e. The normalized spacial score (nSPS) is 11.5. The fourth-order valence-corrected chi connectivity index (χ4v) is 2.88. The van der Waals surface area contributed by atoms with Crippen LogP contribution in [0.15, 0.2) is 53.4 Å². The first-order valence-corrected chi connectivity index (χ1v) is 9.41. The van der Waals surface area contributed by atoms with E-state index >= 15 is 0 Å². The highest BCUT2D eigenvalue weighted by atomic mass is 32.2. The van der Waals surface area contributed by atoms with Gasteiger partial charge in [0.1, 0.15) is 5.75 Å². The smallest absolute Gasteiger partial charge is 0.279 e. The second-order valence-corrected chi connectivity index (χ2v) is 6.75. The van der Waals surface area contributed by atoms with E-state index in [9.17, 15) is 9.59 Å². The lowest BCUT2D eigenvalue weighted by Crippen LogP contribution is -3.11. The minimum Gasteiger partial charge on any atom is -0.497 e. The van der Waals surface area contributed by atoms with Gasteiger partial charge in [-0.05, 0) is 36.6 Å². The number of likely N-dealkylation sites (N-methyl/N-ethyl adjacent to an activating group) is 1. The van der Waals surface area contributed by atoms with Crippen molar-refractivity contribution in [2.75, 3.05) is 44.1 Å². The Morgan fingerprint density at radius 2 is 1.58 bits per heavy atom. The lowest BCUT2D eigenvalue weighted by atomic mass is 10.3. The maximum atomic E-state index is 12.2. The summed E-state index contributed by atoms with van der Waals surface area (Å²) in [5.41, 5.74) is 1.43. The fourth-order valence-electron chi connectivity index (χ4n) is 2.42. The third kappa shape index (κ3) is 6.42. The van der Waals surface area contributed by atoms with Crippen molar-refractivity contribution >= 4 is 35.0 Å². The number of ether oxygens (including phenoxy) is 1. The van der Waals surface area contributed by atoms with Crippen LogP contribution in [0.25, 0.3) is 0 Å². The number of benzene rings is 2. The summed E-state index contributed by atoms with van der Waals surface area (Å²) < 4.78 is 5.13. The lowest BCUT2D eigenvalue weighted by Gasteiger charge is -2.14. The van der Waals surface area contributed by atoms with Gasteiger partial charge in [0, 0.05) is 22.3 Å². The Balaban J connectivity index is 1.81. The van der Waals surface area contributed by atoms with Crippen LogP contribution in [-0.4, -0.2) is 45.3 Å². The third-order valence-corrected chi connectivity index (χ3v) is 4.36. The van der Waals surface area contributed by atoms with Crippen LogP contribution in [0.5, 0.6) is 5.75 Å². The molecule has 0 saturated heterocycles. The van der Waals surface area contributed by atoms with Crippen molar-refractivity contribution in [2.45, 2.75) is 4.90 Å². The molecule has 0 heterocycles. The molecule has 1 atom stereocenters. The second-order valence-electron chi connectivity index (χ2n) is 5.87.